The maximum atomic E-state index is 13.9. The Kier molecular flexibility index (Phi) is 10.7. The van der Waals surface area contributed by atoms with Gasteiger partial charge >= 0.3 is 5.97 Å². The summed E-state index contributed by atoms with van der Waals surface area (Å²) in [7, 11) is 0. The summed E-state index contributed by atoms with van der Waals surface area (Å²) < 4.78 is 5.75. The van der Waals surface area contributed by atoms with Crippen molar-refractivity contribution in [2.75, 3.05) is 37.7 Å². The number of hydrogen-bond donors (Lipinski definition) is 1. The van der Waals surface area contributed by atoms with Gasteiger partial charge in [0, 0.05) is 35.8 Å². The second-order valence-corrected chi connectivity index (χ2v) is 11.6. The molecule has 10 heteroatoms. The molecule has 228 valence electrons. The molecular formula is C34H34Cl2N4O4. The topological polar surface area (TPSA) is 95.9 Å². The number of amides is 1. The van der Waals surface area contributed by atoms with Gasteiger partial charge in [-0.05, 0) is 60.6 Å². The molecule has 4 aromatic rings. The van der Waals surface area contributed by atoms with E-state index in [4.69, 9.17) is 32.9 Å². The number of carboxylic acids is 1. The molecule has 1 aliphatic rings. The second kappa shape index (κ2) is 15.0. The SMILES string of the molecule is O=C(O)CN(CCOc1ccccc1)C(=O)c1cnc(N2CCC(Cc3ccccc3)CC2)nc1Cc1c(Cl)cccc1Cl. The van der Waals surface area contributed by atoms with Crippen LogP contribution in [0.5, 0.6) is 5.75 Å². The maximum absolute atomic E-state index is 13.9. The van der Waals surface area contributed by atoms with Gasteiger partial charge in [-0.1, -0.05) is 77.8 Å². The minimum Gasteiger partial charge on any atom is -0.492 e. The van der Waals surface area contributed by atoms with Crippen LogP contribution >= 0.6 is 23.2 Å². The Morgan fingerprint density at radius 3 is 2.25 bits per heavy atom. The number of para-hydroxylation sites is 1. The van der Waals surface area contributed by atoms with Crippen molar-refractivity contribution in [3.05, 3.63) is 117 Å². The number of aliphatic carboxylic acids is 1. The molecule has 0 bridgehead atoms. The van der Waals surface area contributed by atoms with Crippen molar-refractivity contribution in [1.29, 1.82) is 0 Å². The Balaban J connectivity index is 1.37. The first kappa shape index (κ1) is 31.3. The van der Waals surface area contributed by atoms with E-state index in [9.17, 15) is 14.7 Å². The highest BCUT2D eigenvalue weighted by Crippen LogP contribution is 2.29. The van der Waals surface area contributed by atoms with E-state index in [0.29, 0.717) is 38.9 Å². The summed E-state index contributed by atoms with van der Waals surface area (Å²) in [5.41, 5.74) is 2.60. The minimum absolute atomic E-state index is 0.0585. The molecule has 0 atom stereocenters. The first-order valence-corrected chi connectivity index (χ1v) is 15.4. The lowest BCUT2D eigenvalue weighted by molar-refractivity contribution is -0.137. The van der Waals surface area contributed by atoms with Crippen LogP contribution in [0.3, 0.4) is 0 Å². The molecular weight excluding hydrogens is 599 g/mol. The molecule has 1 fully saturated rings. The third-order valence-corrected chi connectivity index (χ3v) is 8.45. The predicted molar refractivity (Wildman–Crippen MR) is 172 cm³/mol. The third-order valence-electron chi connectivity index (χ3n) is 7.74. The molecule has 0 radical (unpaired) electrons. The van der Waals surface area contributed by atoms with Crippen LogP contribution in [0.4, 0.5) is 5.95 Å². The summed E-state index contributed by atoms with van der Waals surface area (Å²) in [6.45, 7) is 1.26. The van der Waals surface area contributed by atoms with Gasteiger partial charge in [0.2, 0.25) is 5.95 Å². The summed E-state index contributed by atoms with van der Waals surface area (Å²) in [6, 6.07) is 24.9. The van der Waals surface area contributed by atoms with Gasteiger partial charge in [-0.2, -0.15) is 0 Å². The van der Waals surface area contributed by atoms with Crippen LogP contribution in [-0.2, 0) is 17.6 Å². The van der Waals surface area contributed by atoms with E-state index >= 15 is 0 Å². The van der Waals surface area contributed by atoms with Gasteiger partial charge in [0.05, 0.1) is 17.8 Å². The summed E-state index contributed by atoms with van der Waals surface area (Å²) in [5, 5.41) is 10.5. The molecule has 8 nitrogen and oxygen atoms in total. The number of nitrogens with zero attached hydrogens (tertiary/aromatic N) is 4. The van der Waals surface area contributed by atoms with Crippen molar-refractivity contribution in [3.8, 4) is 5.75 Å². The molecule has 0 aliphatic carbocycles. The molecule has 1 amide bonds. The quantitative estimate of drug-likeness (QED) is 0.192. The van der Waals surface area contributed by atoms with Crippen molar-refractivity contribution in [1.82, 2.24) is 14.9 Å². The van der Waals surface area contributed by atoms with E-state index in [0.717, 1.165) is 32.4 Å². The van der Waals surface area contributed by atoms with Crippen molar-refractivity contribution >= 4 is 41.0 Å². The lowest BCUT2D eigenvalue weighted by Gasteiger charge is -2.32. The number of anilines is 1. The number of ether oxygens (including phenoxy) is 1. The van der Waals surface area contributed by atoms with Gasteiger partial charge in [-0.25, -0.2) is 9.97 Å². The smallest absolute Gasteiger partial charge is 0.323 e. The Labute approximate surface area is 267 Å². The fourth-order valence-corrected chi connectivity index (χ4v) is 5.93. The van der Waals surface area contributed by atoms with Gasteiger partial charge in [-0.15, -0.1) is 0 Å². The van der Waals surface area contributed by atoms with E-state index in [1.165, 1.54) is 16.7 Å². The number of rotatable bonds is 12. The number of halogens is 2. The predicted octanol–water partition coefficient (Wildman–Crippen LogP) is 6.44. The van der Waals surface area contributed by atoms with E-state index in [2.05, 4.69) is 34.1 Å². The van der Waals surface area contributed by atoms with E-state index in [-0.39, 0.29) is 25.1 Å². The number of carbonyl (C=O) groups excluding carboxylic acids is 1. The number of aromatic nitrogens is 2. The highest BCUT2D eigenvalue weighted by Gasteiger charge is 2.27. The molecule has 0 unspecified atom stereocenters. The van der Waals surface area contributed by atoms with E-state index in [1.807, 2.05) is 24.3 Å². The Hall–Kier alpha value is -4.14. The van der Waals surface area contributed by atoms with Crippen LogP contribution in [0.15, 0.2) is 85.1 Å². The Morgan fingerprint density at radius 1 is 0.932 bits per heavy atom. The van der Waals surface area contributed by atoms with Crippen LogP contribution in [0, 0.1) is 5.92 Å². The number of hydrogen-bond acceptors (Lipinski definition) is 6. The minimum atomic E-state index is -1.13. The zero-order valence-corrected chi connectivity index (χ0v) is 25.8. The van der Waals surface area contributed by atoms with Gasteiger partial charge < -0.3 is 19.6 Å². The monoisotopic (exact) mass is 632 g/mol. The molecule has 44 heavy (non-hydrogen) atoms. The van der Waals surface area contributed by atoms with E-state index in [1.54, 1.807) is 30.3 Å². The normalized spacial score (nSPS) is 13.5. The number of carboxylic acid groups (broad SMARTS) is 1. The lowest BCUT2D eigenvalue weighted by atomic mass is 9.90. The average molecular weight is 634 g/mol. The van der Waals surface area contributed by atoms with Crippen LogP contribution in [0.2, 0.25) is 10.0 Å². The maximum Gasteiger partial charge on any atom is 0.323 e. The molecule has 0 spiro atoms. The highest BCUT2D eigenvalue weighted by atomic mass is 35.5. The van der Waals surface area contributed by atoms with Gasteiger partial charge in [0.15, 0.2) is 0 Å². The van der Waals surface area contributed by atoms with Crippen molar-refractivity contribution < 1.29 is 19.4 Å². The van der Waals surface area contributed by atoms with Crippen molar-refractivity contribution in [2.45, 2.75) is 25.7 Å². The molecule has 1 aliphatic heterocycles. The molecule has 1 aromatic heterocycles. The standard InChI is InChI=1S/C34H34Cl2N4O4/c35-29-12-7-13-30(36)27(29)21-31-28(33(43)40(23-32(41)42)18-19-44-26-10-5-2-6-11-26)22-37-34(38-31)39-16-14-25(15-17-39)20-24-8-3-1-4-9-24/h1-13,22,25H,14-21,23H2,(H,41,42). The zero-order chi connectivity index (χ0) is 30.9. The van der Waals surface area contributed by atoms with Crippen LogP contribution in [0.25, 0.3) is 0 Å². The summed E-state index contributed by atoms with van der Waals surface area (Å²) in [5.74, 6) is 0.0817. The number of benzene rings is 3. The molecule has 2 heterocycles. The largest absolute Gasteiger partial charge is 0.492 e. The van der Waals surface area contributed by atoms with E-state index < -0.39 is 18.4 Å². The first-order valence-electron chi connectivity index (χ1n) is 14.6. The van der Waals surface area contributed by atoms with Gasteiger partial charge in [0.1, 0.15) is 18.9 Å². The summed E-state index contributed by atoms with van der Waals surface area (Å²) in [4.78, 5) is 38.4. The van der Waals surface area contributed by atoms with Crippen LogP contribution in [-0.4, -0.2) is 64.6 Å². The third kappa shape index (κ3) is 8.27. The van der Waals surface area contributed by atoms with Crippen molar-refractivity contribution in [3.63, 3.8) is 0 Å². The van der Waals surface area contributed by atoms with Gasteiger partial charge in [-0.3, -0.25) is 9.59 Å². The fraction of sp³-hybridized carbons (Fsp3) is 0.294. The molecule has 0 saturated carbocycles. The average Bonchev–Trinajstić information content (AvgIpc) is 3.03. The van der Waals surface area contributed by atoms with Crippen molar-refractivity contribution in [2.24, 2.45) is 5.92 Å². The fourth-order valence-electron chi connectivity index (χ4n) is 5.40. The number of carbonyl (C=O) groups is 2. The summed E-state index contributed by atoms with van der Waals surface area (Å²) in [6.07, 6.45) is 4.71. The van der Waals surface area contributed by atoms with Crippen LogP contribution < -0.4 is 9.64 Å². The highest BCUT2D eigenvalue weighted by molar-refractivity contribution is 6.36. The van der Waals surface area contributed by atoms with Crippen LogP contribution in [0.1, 0.15) is 40.0 Å². The zero-order valence-electron chi connectivity index (χ0n) is 24.2. The molecule has 1 saturated heterocycles. The van der Waals surface area contributed by atoms with Gasteiger partial charge in [0.25, 0.3) is 5.91 Å². The molecule has 3 aromatic carbocycles. The lowest BCUT2D eigenvalue weighted by Crippen LogP contribution is -2.39. The second-order valence-electron chi connectivity index (χ2n) is 10.8. The first-order chi connectivity index (χ1) is 21.4. The summed E-state index contributed by atoms with van der Waals surface area (Å²) >= 11 is 13.0. The molecule has 5 rings (SSSR count). The number of piperidine rings is 1. The Morgan fingerprint density at radius 2 is 1.59 bits per heavy atom. The molecule has 1 N–H and O–H groups in total. The Bertz CT molecular complexity index is 1540.